The van der Waals surface area contributed by atoms with Gasteiger partial charge in [-0.05, 0) is 52.9 Å². The second kappa shape index (κ2) is 8.40. The normalized spacial score (nSPS) is 12.5. The highest BCUT2D eigenvalue weighted by molar-refractivity contribution is 6.10. The molecular weight excluding hydrogens is 384 g/mol. The van der Waals surface area contributed by atoms with E-state index >= 15 is 0 Å². The number of fused-ring (bicyclic) bond motifs is 1. The molecule has 0 spiro atoms. The van der Waals surface area contributed by atoms with Crippen molar-refractivity contribution >= 4 is 17.4 Å². The van der Waals surface area contributed by atoms with E-state index in [2.05, 4.69) is 45.6 Å². The fourth-order valence-corrected chi connectivity index (χ4v) is 3.95. The van der Waals surface area contributed by atoms with E-state index in [1.807, 2.05) is 53.6 Å². The molecule has 5 heteroatoms. The topological polar surface area (TPSA) is 58.1 Å². The Bertz CT molecular complexity index is 1210. The van der Waals surface area contributed by atoms with E-state index in [4.69, 9.17) is 0 Å². The average Bonchev–Trinajstić information content (AvgIpc) is 3.28. The number of anilines is 2. The molecule has 0 saturated heterocycles. The van der Waals surface area contributed by atoms with E-state index < -0.39 is 0 Å². The van der Waals surface area contributed by atoms with Crippen molar-refractivity contribution in [3.63, 3.8) is 0 Å². The van der Waals surface area contributed by atoms with E-state index in [0.717, 1.165) is 28.8 Å². The summed E-state index contributed by atoms with van der Waals surface area (Å²) in [7, 11) is 0. The molecule has 1 N–H and O–H groups in total. The Morgan fingerprint density at radius 2 is 1.74 bits per heavy atom. The minimum atomic E-state index is -0.0209. The zero-order valence-corrected chi connectivity index (χ0v) is 17.0. The monoisotopic (exact) mass is 406 g/mol. The predicted octanol–water partition coefficient (Wildman–Crippen LogP) is 4.96. The number of amides is 1. The lowest BCUT2D eigenvalue weighted by Crippen LogP contribution is -2.29. The second-order valence-corrected chi connectivity index (χ2v) is 7.53. The maximum atomic E-state index is 13.3. The Labute approximate surface area is 181 Å². The van der Waals surface area contributed by atoms with Crippen molar-refractivity contribution in [3.8, 4) is 11.1 Å². The summed E-state index contributed by atoms with van der Waals surface area (Å²) in [5, 5.41) is 3.35. The van der Waals surface area contributed by atoms with Crippen LogP contribution in [0.5, 0.6) is 0 Å². The molecule has 2 aromatic carbocycles. The molecule has 5 rings (SSSR count). The largest absolute Gasteiger partial charge is 0.365 e. The molecule has 5 nitrogen and oxygen atoms in total. The minimum absolute atomic E-state index is 0.0209. The molecule has 0 atom stereocenters. The Kier molecular flexibility index (Phi) is 5.15. The molecule has 1 amide bonds. The molecule has 0 radical (unpaired) electrons. The standard InChI is InChI=1S/C26H22N4O/c31-26(30-16-13-21-5-1-2-8-24(21)30)23-7-4-15-28-25(23)29-17-19-9-11-20(12-10-19)22-6-3-14-27-18-22/h1-12,14-15,18H,13,16-17H2,(H,28,29). The molecule has 0 aliphatic carbocycles. The van der Waals surface area contributed by atoms with Crippen molar-refractivity contribution in [2.24, 2.45) is 0 Å². The molecule has 2 aromatic heterocycles. The number of hydrogen-bond donors (Lipinski definition) is 1. The van der Waals surface area contributed by atoms with Gasteiger partial charge in [0.1, 0.15) is 5.82 Å². The van der Waals surface area contributed by atoms with Crippen molar-refractivity contribution < 1.29 is 4.79 Å². The molecule has 0 bridgehead atoms. The van der Waals surface area contributed by atoms with Gasteiger partial charge in [0.05, 0.1) is 5.56 Å². The summed E-state index contributed by atoms with van der Waals surface area (Å²) >= 11 is 0. The van der Waals surface area contributed by atoms with Gasteiger partial charge in [0.25, 0.3) is 5.91 Å². The van der Waals surface area contributed by atoms with Crippen molar-refractivity contribution in [2.75, 3.05) is 16.8 Å². The Morgan fingerprint density at radius 1 is 0.903 bits per heavy atom. The third kappa shape index (κ3) is 3.90. The van der Waals surface area contributed by atoms with Crippen LogP contribution in [-0.2, 0) is 13.0 Å². The van der Waals surface area contributed by atoms with Crippen molar-refractivity contribution in [1.29, 1.82) is 0 Å². The van der Waals surface area contributed by atoms with Gasteiger partial charge in [-0.25, -0.2) is 4.98 Å². The number of para-hydroxylation sites is 1. The van der Waals surface area contributed by atoms with E-state index in [-0.39, 0.29) is 5.91 Å². The highest BCUT2D eigenvalue weighted by Gasteiger charge is 2.26. The zero-order chi connectivity index (χ0) is 21.0. The number of carbonyl (C=O) groups excluding carboxylic acids is 1. The van der Waals surface area contributed by atoms with Gasteiger partial charge < -0.3 is 10.2 Å². The SMILES string of the molecule is O=C(c1cccnc1NCc1ccc(-c2cccnc2)cc1)N1CCc2ccccc21. The summed E-state index contributed by atoms with van der Waals surface area (Å²) in [6, 6.07) is 24.0. The Hall–Kier alpha value is -3.99. The van der Waals surface area contributed by atoms with E-state index in [0.29, 0.717) is 24.5 Å². The van der Waals surface area contributed by atoms with Gasteiger partial charge in [0, 0.05) is 37.4 Å². The van der Waals surface area contributed by atoms with Crippen LogP contribution < -0.4 is 10.2 Å². The van der Waals surface area contributed by atoms with Gasteiger partial charge in [-0.3, -0.25) is 9.78 Å². The maximum Gasteiger partial charge on any atom is 0.262 e. The number of nitrogens with zero attached hydrogens (tertiary/aromatic N) is 3. The highest BCUT2D eigenvalue weighted by Crippen LogP contribution is 2.30. The van der Waals surface area contributed by atoms with Gasteiger partial charge >= 0.3 is 0 Å². The van der Waals surface area contributed by atoms with Crippen LogP contribution in [0.1, 0.15) is 21.5 Å². The molecule has 0 unspecified atom stereocenters. The number of benzene rings is 2. The summed E-state index contributed by atoms with van der Waals surface area (Å²) in [5.74, 6) is 0.584. The minimum Gasteiger partial charge on any atom is -0.365 e. The molecule has 0 saturated carbocycles. The van der Waals surface area contributed by atoms with Crippen LogP contribution >= 0.6 is 0 Å². The molecule has 31 heavy (non-hydrogen) atoms. The van der Waals surface area contributed by atoms with Crippen LogP contribution in [0, 0.1) is 0 Å². The second-order valence-electron chi connectivity index (χ2n) is 7.53. The molecule has 3 heterocycles. The van der Waals surface area contributed by atoms with Crippen molar-refractivity contribution in [3.05, 3.63) is 108 Å². The van der Waals surface area contributed by atoms with Gasteiger partial charge in [0.2, 0.25) is 0 Å². The number of rotatable bonds is 5. The first kappa shape index (κ1) is 19.0. The zero-order valence-electron chi connectivity index (χ0n) is 17.0. The van der Waals surface area contributed by atoms with Crippen molar-refractivity contribution in [2.45, 2.75) is 13.0 Å². The van der Waals surface area contributed by atoms with Crippen LogP contribution in [0.3, 0.4) is 0 Å². The summed E-state index contributed by atoms with van der Waals surface area (Å²) < 4.78 is 0. The molecule has 1 aliphatic rings. The van der Waals surface area contributed by atoms with Crippen LogP contribution in [0.15, 0.2) is 91.4 Å². The van der Waals surface area contributed by atoms with Crippen LogP contribution in [0.2, 0.25) is 0 Å². The van der Waals surface area contributed by atoms with E-state index in [9.17, 15) is 4.79 Å². The molecule has 152 valence electrons. The lowest BCUT2D eigenvalue weighted by atomic mass is 10.1. The molecule has 1 aliphatic heterocycles. The van der Waals surface area contributed by atoms with E-state index in [1.165, 1.54) is 5.56 Å². The maximum absolute atomic E-state index is 13.3. The van der Waals surface area contributed by atoms with Gasteiger partial charge in [-0.2, -0.15) is 0 Å². The van der Waals surface area contributed by atoms with Gasteiger partial charge in [-0.1, -0.05) is 48.5 Å². The smallest absolute Gasteiger partial charge is 0.262 e. The lowest BCUT2D eigenvalue weighted by molar-refractivity contribution is 0.0990. The highest BCUT2D eigenvalue weighted by atomic mass is 16.2. The first-order valence-corrected chi connectivity index (χ1v) is 10.4. The number of pyridine rings is 2. The fraction of sp³-hybridized carbons (Fsp3) is 0.115. The molecule has 4 aromatic rings. The quantitative estimate of drug-likeness (QED) is 0.509. The third-order valence-electron chi connectivity index (χ3n) is 5.58. The first-order chi connectivity index (χ1) is 15.3. The van der Waals surface area contributed by atoms with E-state index in [1.54, 1.807) is 12.4 Å². The Morgan fingerprint density at radius 3 is 2.58 bits per heavy atom. The number of aromatic nitrogens is 2. The summed E-state index contributed by atoms with van der Waals surface area (Å²) in [4.78, 5) is 23.7. The lowest BCUT2D eigenvalue weighted by Gasteiger charge is -2.19. The van der Waals surface area contributed by atoms with Crippen molar-refractivity contribution in [1.82, 2.24) is 9.97 Å². The first-order valence-electron chi connectivity index (χ1n) is 10.4. The fourth-order valence-electron chi connectivity index (χ4n) is 3.95. The summed E-state index contributed by atoms with van der Waals surface area (Å²) in [5.41, 5.74) is 6.12. The Balaban J connectivity index is 1.32. The van der Waals surface area contributed by atoms with Crippen LogP contribution in [0.4, 0.5) is 11.5 Å². The molecular formula is C26H22N4O. The average molecular weight is 406 g/mol. The number of nitrogens with one attached hydrogen (secondary N) is 1. The number of hydrogen-bond acceptors (Lipinski definition) is 4. The van der Waals surface area contributed by atoms with Gasteiger partial charge in [0.15, 0.2) is 0 Å². The summed E-state index contributed by atoms with van der Waals surface area (Å²) in [6.45, 7) is 1.28. The van der Waals surface area contributed by atoms with Crippen LogP contribution in [-0.4, -0.2) is 22.4 Å². The predicted molar refractivity (Wildman–Crippen MR) is 123 cm³/mol. The van der Waals surface area contributed by atoms with Crippen LogP contribution in [0.25, 0.3) is 11.1 Å². The third-order valence-corrected chi connectivity index (χ3v) is 5.58. The van der Waals surface area contributed by atoms with Gasteiger partial charge in [-0.15, -0.1) is 0 Å². The number of carbonyl (C=O) groups is 1. The molecule has 0 fully saturated rings. The summed E-state index contributed by atoms with van der Waals surface area (Å²) in [6.07, 6.45) is 6.22.